The van der Waals surface area contributed by atoms with Crippen LogP contribution in [0, 0.1) is 0 Å². The lowest BCUT2D eigenvalue weighted by atomic mass is 10.5. The van der Waals surface area contributed by atoms with E-state index in [-0.39, 0.29) is 19.0 Å². The smallest absolute Gasteiger partial charge is 0.290 e. The van der Waals surface area contributed by atoms with Crippen molar-refractivity contribution in [3.8, 4) is 0 Å². The molecule has 58 valence electrons. The molecule has 0 fully saturated rings. The highest BCUT2D eigenvalue weighted by atomic mass is 35.5. The zero-order valence-electron chi connectivity index (χ0n) is 5.24. The number of nitrogen functional groups attached to an aromatic ring is 2. The molecule has 0 aromatic carbocycles. The zero-order valence-corrected chi connectivity index (χ0v) is 5.99. The van der Waals surface area contributed by atoms with Crippen LogP contribution in [0.4, 0.5) is 0 Å². The summed E-state index contributed by atoms with van der Waals surface area (Å²) >= 11 is 0. The second-order valence-corrected chi connectivity index (χ2v) is 1.75. The van der Waals surface area contributed by atoms with Crippen LogP contribution in [0.15, 0.2) is 12.5 Å². The molecule has 5 N–H and O–H groups in total. The monoisotopic (exact) mass is 164 g/mol. The highest BCUT2D eigenvalue weighted by Crippen LogP contribution is 1.88. The van der Waals surface area contributed by atoms with Crippen LogP contribution in [0.1, 0.15) is 5.69 Å². The number of aromatic nitrogens is 2. The normalized spacial score (nSPS) is 8.90. The highest BCUT2D eigenvalue weighted by molar-refractivity contribution is 4.90. The maximum Gasteiger partial charge on any atom is 0.290 e. The third kappa shape index (κ3) is 1.52. The van der Waals surface area contributed by atoms with Crippen LogP contribution in [0.5, 0.6) is 0 Å². The molecular formula is C4H9ClN4O. The van der Waals surface area contributed by atoms with Gasteiger partial charge < -0.3 is 17.5 Å². The third-order valence-corrected chi connectivity index (χ3v) is 1.05. The minimum atomic E-state index is -0.0965. The van der Waals surface area contributed by atoms with Crippen molar-refractivity contribution in [3.05, 3.63) is 18.2 Å². The van der Waals surface area contributed by atoms with Crippen LogP contribution in [-0.4, -0.2) is 9.78 Å². The van der Waals surface area contributed by atoms with Crippen LogP contribution in [0.3, 0.4) is 0 Å². The van der Waals surface area contributed by atoms with Crippen molar-refractivity contribution < 1.29 is 22.2 Å². The van der Waals surface area contributed by atoms with Crippen molar-refractivity contribution >= 4 is 0 Å². The summed E-state index contributed by atoms with van der Waals surface area (Å²) in [6, 6.07) is 0. The minimum absolute atomic E-state index is 0. The highest BCUT2D eigenvalue weighted by Gasteiger charge is 2.06. The molecular weight excluding hydrogens is 156 g/mol. The Balaban J connectivity index is 0.000000810. The number of rotatable bonds is 1. The van der Waals surface area contributed by atoms with Crippen molar-refractivity contribution in [2.24, 2.45) is 0 Å². The van der Waals surface area contributed by atoms with Gasteiger partial charge in [-0.15, -0.1) is 9.35 Å². The van der Waals surface area contributed by atoms with Gasteiger partial charge in [-0.3, -0.25) is 11.7 Å². The molecule has 1 aromatic rings. The lowest BCUT2D eigenvalue weighted by Gasteiger charge is -1.83. The molecule has 6 heteroatoms. The molecule has 0 amide bonds. The standard InChI is InChI=1S/C4H9N4O.ClH/c5-7-1-4(2-9)8(6)3-7;/h1,3,9H,2,5-6H2;1H/q+1;/p-1. The van der Waals surface area contributed by atoms with E-state index in [0.717, 1.165) is 0 Å². The van der Waals surface area contributed by atoms with Crippen LogP contribution < -0.4 is 28.8 Å². The second-order valence-electron chi connectivity index (χ2n) is 1.75. The summed E-state index contributed by atoms with van der Waals surface area (Å²) in [7, 11) is 0. The summed E-state index contributed by atoms with van der Waals surface area (Å²) in [5.74, 6) is 10.6. The van der Waals surface area contributed by atoms with Crippen molar-refractivity contribution in [3.63, 3.8) is 0 Å². The fourth-order valence-electron chi connectivity index (χ4n) is 0.612. The number of nitrogens with two attached hydrogens (primary N) is 2. The summed E-state index contributed by atoms with van der Waals surface area (Å²) in [5, 5.41) is 8.56. The predicted octanol–water partition coefficient (Wildman–Crippen LogP) is -5.30. The molecule has 1 rings (SSSR count). The maximum atomic E-state index is 8.56. The molecule has 0 unspecified atom stereocenters. The Kier molecular flexibility index (Phi) is 2.98. The summed E-state index contributed by atoms with van der Waals surface area (Å²) in [5.41, 5.74) is 0.581. The first-order valence-corrected chi connectivity index (χ1v) is 2.47. The SMILES string of the molecule is Nn1c[n+](N)cc1CO.[Cl-]. The van der Waals surface area contributed by atoms with E-state index in [9.17, 15) is 0 Å². The van der Waals surface area contributed by atoms with Crippen LogP contribution >= 0.6 is 0 Å². The number of aliphatic hydroxyl groups is 1. The Labute approximate surface area is 64.2 Å². The van der Waals surface area contributed by atoms with Crippen molar-refractivity contribution in [1.82, 2.24) is 4.68 Å². The molecule has 0 bridgehead atoms. The topological polar surface area (TPSA) is 81.1 Å². The van der Waals surface area contributed by atoms with E-state index in [4.69, 9.17) is 16.8 Å². The summed E-state index contributed by atoms with van der Waals surface area (Å²) in [6.07, 6.45) is 3.01. The van der Waals surface area contributed by atoms with Gasteiger partial charge in [0.25, 0.3) is 6.33 Å². The average Bonchev–Trinajstić information content (AvgIpc) is 2.10. The zero-order chi connectivity index (χ0) is 6.85. The van der Waals surface area contributed by atoms with Crippen molar-refractivity contribution in [2.75, 3.05) is 11.7 Å². The van der Waals surface area contributed by atoms with Crippen molar-refractivity contribution in [1.29, 1.82) is 0 Å². The fourth-order valence-corrected chi connectivity index (χ4v) is 0.612. The maximum absolute atomic E-state index is 8.56. The van der Waals surface area contributed by atoms with Gasteiger partial charge in [0.2, 0.25) is 0 Å². The number of imidazole rings is 1. The fraction of sp³-hybridized carbons (Fsp3) is 0.250. The number of hydrogen-bond acceptors (Lipinski definition) is 3. The number of hydrogen-bond donors (Lipinski definition) is 3. The molecule has 10 heavy (non-hydrogen) atoms. The van der Waals surface area contributed by atoms with Gasteiger partial charge in [0.1, 0.15) is 6.61 Å². The van der Waals surface area contributed by atoms with Gasteiger partial charge in [0.15, 0.2) is 11.9 Å². The van der Waals surface area contributed by atoms with Gasteiger partial charge in [-0.2, -0.15) is 0 Å². The minimum Gasteiger partial charge on any atom is -1.00 e. The average molecular weight is 165 g/mol. The van der Waals surface area contributed by atoms with Crippen molar-refractivity contribution in [2.45, 2.75) is 6.61 Å². The van der Waals surface area contributed by atoms with E-state index in [2.05, 4.69) is 0 Å². The first kappa shape index (κ1) is 9.06. The summed E-state index contributed by atoms with van der Waals surface area (Å²) < 4.78 is 2.55. The number of halogens is 1. The predicted molar refractivity (Wildman–Crippen MR) is 30.9 cm³/mol. The van der Waals surface area contributed by atoms with E-state index < -0.39 is 0 Å². The van der Waals surface area contributed by atoms with E-state index in [1.165, 1.54) is 15.7 Å². The van der Waals surface area contributed by atoms with E-state index >= 15 is 0 Å². The molecule has 0 saturated heterocycles. The largest absolute Gasteiger partial charge is 1.00 e. The first-order chi connectivity index (χ1) is 4.24. The van der Waals surface area contributed by atoms with Gasteiger partial charge in [-0.05, 0) is 0 Å². The van der Waals surface area contributed by atoms with E-state index in [1.54, 1.807) is 6.20 Å². The van der Waals surface area contributed by atoms with Crippen LogP contribution in [-0.2, 0) is 6.61 Å². The Morgan fingerprint density at radius 1 is 1.70 bits per heavy atom. The van der Waals surface area contributed by atoms with Gasteiger partial charge >= 0.3 is 0 Å². The summed E-state index contributed by atoms with van der Waals surface area (Å²) in [4.78, 5) is 0. The van der Waals surface area contributed by atoms with Crippen LogP contribution in [0.25, 0.3) is 0 Å². The number of aliphatic hydroxyl groups excluding tert-OH is 1. The Bertz CT molecular complexity index is 211. The first-order valence-electron chi connectivity index (χ1n) is 2.47. The van der Waals surface area contributed by atoms with Crippen LogP contribution in [0.2, 0.25) is 0 Å². The molecule has 5 nitrogen and oxygen atoms in total. The summed E-state index contributed by atoms with van der Waals surface area (Å²) in [6.45, 7) is -0.0965. The second kappa shape index (κ2) is 3.28. The third-order valence-electron chi connectivity index (χ3n) is 1.05. The molecule has 0 saturated carbocycles. The molecule has 0 radical (unpaired) electrons. The number of nitrogens with zero attached hydrogens (tertiary/aromatic N) is 2. The van der Waals surface area contributed by atoms with Gasteiger partial charge in [0.05, 0.1) is 0 Å². The van der Waals surface area contributed by atoms with E-state index in [0.29, 0.717) is 5.69 Å². The Morgan fingerprint density at radius 2 is 2.30 bits per heavy atom. The molecule has 1 heterocycles. The van der Waals surface area contributed by atoms with Gasteiger partial charge in [-0.25, -0.2) is 0 Å². The molecule has 1 aromatic heterocycles. The quantitative estimate of drug-likeness (QED) is 0.287. The Morgan fingerprint density at radius 3 is 2.50 bits per heavy atom. The lowest BCUT2D eigenvalue weighted by molar-refractivity contribution is -0.638. The molecule has 0 aliphatic carbocycles. The lowest BCUT2D eigenvalue weighted by Crippen LogP contribution is -3.00. The molecule has 0 aliphatic rings. The van der Waals surface area contributed by atoms with E-state index in [1.807, 2.05) is 0 Å². The Hall–Kier alpha value is -0.940. The van der Waals surface area contributed by atoms with Gasteiger partial charge in [-0.1, -0.05) is 0 Å². The van der Waals surface area contributed by atoms with Gasteiger partial charge in [0, 0.05) is 0 Å². The molecule has 0 atom stereocenters. The molecule has 0 spiro atoms. The molecule has 0 aliphatic heterocycles.